The Morgan fingerprint density at radius 1 is 1.11 bits per heavy atom. The Bertz CT molecular complexity index is 1050. The molecule has 28 heavy (non-hydrogen) atoms. The average molecular weight is 412 g/mol. The summed E-state index contributed by atoms with van der Waals surface area (Å²) in [7, 11) is 0. The normalized spacial score (nSPS) is 19.0. The fourth-order valence-corrected chi connectivity index (χ4v) is 6.00. The summed E-state index contributed by atoms with van der Waals surface area (Å²) in [6.07, 6.45) is 1.77. The van der Waals surface area contributed by atoms with Gasteiger partial charge in [0.15, 0.2) is 0 Å². The predicted molar refractivity (Wildman–Crippen MR) is 116 cm³/mol. The van der Waals surface area contributed by atoms with E-state index in [1.807, 2.05) is 42.5 Å². The lowest BCUT2D eigenvalue weighted by Crippen LogP contribution is -2.30. The third-order valence-electron chi connectivity index (χ3n) is 4.91. The van der Waals surface area contributed by atoms with Gasteiger partial charge in [-0.3, -0.25) is 9.59 Å². The minimum Gasteiger partial charge on any atom is -0.399 e. The third-order valence-corrected chi connectivity index (χ3v) is 7.63. The van der Waals surface area contributed by atoms with E-state index >= 15 is 0 Å². The number of nitrogens with one attached hydrogen (secondary N) is 1. The maximum atomic E-state index is 12.6. The van der Waals surface area contributed by atoms with Gasteiger partial charge in [-0.05, 0) is 53.6 Å². The second-order valence-electron chi connectivity index (χ2n) is 6.89. The first-order valence-electron chi connectivity index (χ1n) is 9.11. The molecule has 1 aliphatic rings. The Hall–Kier alpha value is -2.51. The molecule has 7 heteroatoms. The van der Waals surface area contributed by atoms with E-state index in [1.54, 1.807) is 11.8 Å². The van der Waals surface area contributed by atoms with Gasteiger partial charge in [0.1, 0.15) is 0 Å². The van der Waals surface area contributed by atoms with E-state index in [0.29, 0.717) is 17.1 Å². The summed E-state index contributed by atoms with van der Waals surface area (Å²) in [5.74, 6) is -0.338. The Morgan fingerprint density at radius 3 is 2.71 bits per heavy atom. The molecule has 1 fully saturated rings. The van der Waals surface area contributed by atoms with Gasteiger partial charge in [-0.15, -0.1) is 23.1 Å². The highest BCUT2D eigenvalue weighted by molar-refractivity contribution is 8.01. The van der Waals surface area contributed by atoms with Crippen molar-refractivity contribution in [1.29, 1.82) is 0 Å². The van der Waals surface area contributed by atoms with Gasteiger partial charge < -0.3 is 16.8 Å². The van der Waals surface area contributed by atoms with Crippen LogP contribution >= 0.6 is 23.1 Å². The van der Waals surface area contributed by atoms with Crippen LogP contribution in [0.3, 0.4) is 0 Å². The van der Waals surface area contributed by atoms with Crippen molar-refractivity contribution in [2.45, 2.75) is 29.9 Å². The number of anilines is 1. The number of thioether (sulfide) groups is 1. The van der Waals surface area contributed by atoms with Crippen molar-refractivity contribution in [2.24, 2.45) is 5.73 Å². The number of nitrogen functional groups attached to an aromatic ring is 1. The molecule has 1 aromatic heterocycles. The number of amides is 2. The molecule has 3 aromatic rings. The molecule has 4 rings (SSSR count). The fourth-order valence-electron chi connectivity index (χ4n) is 3.55. The van der Waals surface area contributed by atoms with Gasteiger partial charge in [-0.2, -0.15) is 0 Å². The van der Waals surface area contributed by atoms with Gasteiger partial charge in [-0.25, -0.2) is 0 Å². The number of nitrogens with two attached hydrogens (primary N) is 2. The molecule has 1 aliphatic heterocycles. The van der Waals surface area contributed by atoms with Crippen molar-refractivity contribution in [3.05, 3.63) is 64.5 Å². The molecule has 1 saturated heterocycles. The highest BCUT2D eigenvalue weighted by Gasteiger charge is 2.32. The largest absolute Gasteiger partial charge is 0.399 e. The van der Waals surface area contributed by atoms with E-state index in [4.69, 9.17) is 11.5 Å². The lowest BCUT2D eigenvalue weighted by molar-refractivity contribution is -0.120. The van der Waals surface area contributed by atoms with Gasteiger partial charge >= 0.3 is 0 Å². The van der Waals surface area contributed by atoms with E-state index < -0.39 is 5.91 Å². The quantitative estimate of drug-likeness (QED) is 0.556. The summed E-state index contributed by atoms with van der Waals surface area (Å²) in [6, 6.07) is 15.5. The Balaban J connectivity index is 1.44. The van der Waals surface area contributed by atoms with Crippen LogP contribution in [0, 0.1) is 0 Å². The first-order valence-corrected chi connectivity index (χ1v) is 10.9. The maximum Gasteiger partial charge on any atom is 0.258 e. The number of carbonyl (C=O) groups is 2. The number of thiophene rings is 1. The van der Waals surface area contributed by atoms with Crippen LogP contribution in [0.5, 0.6) is 0 Å². The molecule has 0 bridgehead atoms. The van der Waals surface area contributed by atoms with Crippen molar-refractivity contribution < 1.29 is 9.59 Å². The van der Waals surface area contributed by atoms with Crippen LogP contribution in [-0.4, -0.2) is 17.1 Å². The summed E-state index contributed by atoms with van der Waals surface area (Å²) in [5.41, 5.74) is 14.1. The van der Waals surface area contributed by atoms with Crippen LogP contribution in [0.15, 0.2) is 48.5 Å². The zero-order valence-electron chi connectivity index (χ0n) is 15.2. The number of hydrogen-bond donors (Lipinski definition) is 3. The van der Waals surface area contributed by atoms with Crippen LogP contribution in [0.25, 0.3) is 10.1 Å². The average Bonchev–Trinajstić information content (AvgIpc) is 3.33. The summed E-state index contributed by atoms with van der Waals surface area (Å²) in [6.45, 7) is 0.480. The smallest absolute Gasteiger partial charge is 0.258 e. The van der Waals surface area contributed by atoms with Crippen molar-refractivity contribution in [2.75, 3.05) is 5.73 Å². The first-order chi connectivity index (χ1) is 13.5. The number of rotatable bonds is 5. The van der Waals surface area contributed by atoms with E-state index in [9.17, 15) is 9.59 Å². The minimum atomic E-state index is -0.398. The van der Waals surface area contributed by atoms with Gasteiger partial charge in [0.2, 0.25) is 5.91 Å². The summed E-state index contributed by atoms with van der Waals surface area (Å²) in [5, 5.41) is 4.26. The number of hydrogen-bond acceptors (Lipinski definition) is 5. The van der Waals surface area contributed by atoms with Crippen LogP contribution in [0.4, 0.5) is 5.69 Å². The fraction of sp³-hybridized carbons (Fsp3) is 0.238. The van der Waals surface area contributed by atoms with E-state index in [-0.39, 0.29) is 16.4 Å². The Labute approximate surface area is 171 Å². The summed E-state index contributed by atoms with van der Waals surface area (Å²) in [4.78, 5) is 24.7. The molecule has 2 aromatic carbocycles. The molecule has 0 aliphatic carbocycles. The maximum absolute atomic E-state index is 12.6. The molecule has 2 atom stereocenters. The monoisotopic (exact) mass is 411 g/mol. The number of carbonyl (C=O) groups excluding carboxylic acids is 2. The molecular formula is C21H21N3O2S2. The lowest BCUT2D eigenvalue weighted by Gasteiger charge is -2.13. The topological polar surface area (TPSA) is 98.2 Å². The summed E-state index contributed by atoms with van der Waals surface area (Å²) < 4.78 is 1.06. The van der Waals surface area contributed by atoms with Gasteiger partial charge in [0.25, 0.3) is 5.91 Å². The third kappa shape index (κ3) is 3.86. The standard InChI is InChI=1S/C21H21N3O2S2/c22-13-4-1-3-12(9-13)11-24-21(26)18-8-7-17(27-18)14-5-2-6-16-15(14)10-19(28-16)20(23)25/h1-6,9-10,17-18H,7-8,11,22H2,(H2,23,25)(H,24,26). The Morgan fingerprint density at radius 2 is 1.93 bits per heavy atom. The molecule has 2 amide bonds. The van der Waals surface area contributed by atoms with E-state index in [2.05, 4.69) is 11.4 Å². The molecule has 5 N–H and O–H groups in total. The number of primary amides is 1. The molecular weight excluding hydrogens is 390 g/mol. The molecule has 144 valence electrons. The first kappa shape index (κ1) is 18.8. The summed E-state index contributed by atoms with van der Waals surface area (Å²) >= 11 is 3.11. The van der Waals surface area contributed by atoms with Gasteiger partial charge in [0, 0.05) is 22.2 Å². The minimum absolute atomic E-state index is 0.0604. The second kappa shape index (κ2) is 7.85. The van der Waals surface area contributed by atoms with Crippen LogP contribution in [-0.2, 0) is 11.3 Å². The van der Waals surface area contributed by atoms with Crippen molar-refractivity contribution in [3.8, 4) is 0 Å². The highest BCUT2D eigenvalue weighted by atomic mass is 32.2. The zero-order valence-corrected chi connectivity index (χ0v) is 16.8. The molecule has 0 spiro atoms. The van der Waals surface area contributed by atoms with Crippen molar-refractivity contribution >= 4 is 50.7 Å². The zero-order chi connectivity index (χ0) is 19.7. The molecule has 5 nitrogen and oxygen atoms in total. The Kier molecular flexibility index (Phi) is 5.28. The number of benzene rings is 2. The van der Waals surface area contributed by atoms with Crippen LogP contribution in [0.1, 0.15) is 38.9 Å². The highest BCUT2D eigenvalue weighted by Crippen LogP contribution is 2.47. The van der Waals surface area contributed by atoms with Crippen molar-refractivity contribution in [1.82, 2.24) is 5.32 Å². The molecule has 2 unspecified atom stereocenters. The lowest BCUT2D eigenvalue weighted by atomic mass is 10.0. The number of fused-ring (bicyclic) bond motifs is 1. The van der Waals surface area contributed by atoms with Crippen molar-refractivity contribution in [3.63, 3.8) is 0 Å². The molecule has 0 saturated carbocycles. The predicted octanol–water partition coefficient (Wildman–Crippen LogP) is 3.84. The van der Waals surface area contributed by atoms with Gasteiger partial charge in [0.05, 0.1) is 10.1 Å². The van der Waals surface area contributed by atoms with Gasteiger partial charge in [-0.1, -0.05) is 24.3 Å². The molecule has 2 heterocycles. The molecule has 0 radical (unpaired) electrons. The van der Waals surface area contributed by atoms with Crippen LogP contribution in [0.2, 0.25) is 0 Å². The van der Waals surface area contributed by atoms with Crippen LogP contribution < -0.4 is 16.8 Å². The van der Waals surface area contributed by atoms with E-state index in [1.165, 1.54) is 16.9 Å². The second-order valence-corrected chi connectivity index (χ2v) is 9.38. The SMILES string of the molecule is NC(=O)c1cc2c(C3CCC(C(=O)NCc4cccc(N)c4)S3)cccc2s1. The van der Waals surface area contributed by atoms with E-state index in [0.717, 1.165) is 28.5 Å².